The largest absolute Gasteiger partial charge is 0.325 e. The number of hydrogen-bond acceptors (Lipinski definition) is 5. The molecule has 3 aromatic rings. The van der Waals surface area contributed by atoms with Crippen LogP contribution in [0, 0.1) is 26.6 Å². The van der Waals surface area contributed by atoms with Gasteiger partial charge >= 0.3 is 0 Å². The van der Waals surface area contributed by atoms with Crippen molar-refractivity contribution < 1.29 is 14.0 Å². The molecule has 0 fully saturated rings. The van der Waals surface area contributed by atoms with Gasteiger partial charge in [0, 0.05) is 17.9 Å². The third-order valence-corrected chi connectivity index (χ3v) is 6.08. The van der Waals surface area contributed by atoms with Crippen LogP contribution >= 0.6 is 11.8 Å². The molecule has 7 nitrogen and oxygen atoms in total. The lowest BCUT2D eigenvalue weighted by Crippen LogP contribution is -2.18. The Kier molecular flexibility index (Phi) is 7.63. The normalized spacial score (nSPS) is 10.8. The quantitative estimate of drug-likeness (QED) is 0.495. The molecule has 2 N–H and O–H groups in total. The maximum Gasteiger partial charge on any atom is 0.234 e. The first-order valence-corrected chi connectivity index (χ1v) is 11.2. The van der Waals surface area contributed by atoms with Crippen molar-refractivity contribution in [2.45, 2.75) is 45.8 Å². The first-order chi connectivity index (χ1) is 15.3. The highest BCUT2D eigenvalue weighted by Crippen LogP contribution is 2.21. The molecule has 0 saturated carbocycles. The summed E-state index contributed by atoms with van der Waals surface area (Å²) in [7, 11) is 0. The van der Waals surface area contributed by atoms with Crippen molar-refractivity contribution in [2.24, 2.45) is 0 Å². The zero-order chi connectivity index (χ0) is 23.3. The Morgan fingerprint density at radius 3 is 2.50 bits per heavy atom. The molecule has 0 unspecified atom stereocenters. The lowest BCUT2D eigenvalue weighted by Gasteiger charge is -2.11. The van der Waals surface area contributed by atoms with Gasteiger partial charge in [0.05, 0.1) is 12.2 Å². The van der Waals surface area contributed by atoms with Gasteiger partial charge in [-0.3, -0.25) is 9.59 Å². The number of halogens is 1. The second-order valence-electron chi connectivity index (χ2n) is 7.41. The van der Waals surface area contributed by atoms with Crippen LogP contribution in [0.15, 0.2) is 41.6 Å². The van der Waals surface area contributed by atoms with Crippen LogP contribution in [0.2, 0.25) is 0 Å². The molecule has 32 heavy (non-hydrogen) atoms. The molecule has 2 aromatic carbocycles. The Morgan fingerprint density at radius 1 is 1.00 bits per heavy atom. The summed E-state index contributed by atoms with van der Waals surface area (Å²) in [4.78, 5) is 24.9. The van der Waals surface area contributed by atoms with Crippen LogP contribution in [-0.4, -0.2) is 32.3 Å². The van der Waals surface area contributed by atoms with Gasteiger partial charge in [-0.05, 0) is 62.6 Å². The van der Waals surface area contributed by atoms with Gasteiger partial charge < -0.3 is 15.2 Å². The number of amides is 2. The maximum atomic E-state index is 13.4. The Balaban J connectivity index is 1.61. The number of anilines is 2. The molecule has 0 atom stereocenters. The van der Waals surface area contributed by atoms with Gasteiger partial charge in [0.2, 0.25) is 11.8 Å². The molecule has 9 heteroatoms. The number of nitrogens with one attached hydrogen (secondary N) is 2. The minimum Gasteiger partial charge on any atom is -0.325 e. The highest BCUT2D eigenvalue weighted by Gasteiger charge is 2.17. The first kappa shape index (κ1) is 23.5. The number of hydrogen-bond donors (Lipinski definition) is 2. The number of aromatic nitrogens is 3. The third kappa shape index (κ3) is 5.73. The fourth-order valence-electron chi connectivity index (χ4n) is 3.14. The van der Waals surface area contributed by atoms with Crippen molar-refractivity contribution >= 4 is 35.0 Å². The third-order valence-electron chi connectivity index (χ3n) is 5.11. The molecule has 0 spiro atoms. The van der Waals surface area contributed by atoms with Crippen molar-refractivity contribution in [2.75, 3.05) is 16.4 Å². The standard InChI is InChI=1S/C23H26FN5O2S/c1-5-29-20(12-21(30)25-18-8-6-7-14(2)16(18)4)27-28-23(29)32-13-22(31)26-19-11-17(24)10-9-15(19)3/h6-11H,5,12-13H2,1-4H3,(H,25,30)(H,26,31). The summed E-state index contributed by atoms with van der Waals surface area (Å²) >= 11 is 1.22. The number of benzene rings is 2. The van der Waals surface area contributed by atoms with Crippen molar-refractivity contribution in [1.29, 1.82) is 0 Å². The van der Waals surface area contributed by atoms with Gasteiger partial charge in [0.25, 0.3) is 0 Å². The summed E-state index contributed by atoms with van der Waals surface area (Å²) in [5.74, 6) is -0.254. The van der Waals surface area contributed by atoms with Crippen LogP contribution in [0.25, 0.3) is 0 Å². The van der Waals surface area contributed by atoms with Crippen LogP contribution in [0.4, 0.5) is 15.8 Å². The van der Waals surface area contributed by atoms with E-state index < -0.39 is 5.82 Å². The number of thioether (sulfide) groups is 1. The minimum atomic E-state index is -0.409. The second-order valence-corrected chi connectivity index (χ2v) is 8.35. The van der Waals surface area contributed by atoms with E-state index in [0.717, 1.165) is 22.4 Å². The molecule has 0 aliphatic rings. The van der Waals surface area contributed by atoms with E-state index in [1.807, 2.05) is 43.5 Å². The monoisotopic (exact) mass is 455 g/mol. The molecule has 0 aliphatic carbocycles. The first-order valence-electron chi connectivity index (χ1n) is 10.3. The summed E-state index contributed by atoms with van der Waals surface area (Å²) in [6.45, 7) is 8.24. The van der Waals surface area contributed by atoms with Crippen LogP contribution in [0.1, 0.15) is 29.4 Å². The predicted octanol–water partition coefficient (Wildman–Crippen LogP) is 4.27. The topological polar surface area (TPSA) is 88.9 Å². The molecule has 168 valence electrons. The van der Waals surface area contributed by atoms with E-state index >= 15 is 0 Å². The van der Waals surface area contributed by atoms with Crippen LogP contribution < -0.4 is 10.6 Å². The van der Waals surface area contributed by atoms with Crippen LogP contribution in [0.3, 0.4) is 0 Å². The van der Waals surface area contributed by atoms with Crippen molar-refractivity contribution in [1.82, 2.24) is 14.8 Å². The maximum absolute atomic E-state index is 13.4. The SMILES string of the molecule is CCn1c(CC(=O)Nc2cccc(C)c2C)nnc1SCC(=O)Nc1cc(F)ccc1C. The van der Waals surface area contributed by atoms with E-state index in [-0.39, 0.29) is 24.0 Å². The van der Waals surface area contributed by atoms with Gasteiger partial charge in [0.15, 0.2) is 5.16 Å². The average molecular weight is 456 g/mol. The highest BCUT2D eigenvalue weighted by molar-refractivity contribution is 7.99. The molecular weight excluding hydrogens is 429 g/mol. The highest BCUT2D eigenvalue weighted by atomic mass is 32.2. The minimum absolute atomic E-state index is 0.0729. The van der Waals surface area contributed by atoms with Gasteiger partial charge in [-0.2, -0.15) is 0 Å². The Bertz CT molecular complexity index is 1150. The zero-order valence-corrected chi connectivity index (χ0v) is 19.3. The number of aryl methyl sites for hydroxylation is 2. The smallest absolute Gasteiger partial charge is 0.234 e. The van der Waals surface area contributed by atoms with E-state index in [0.29, 0.717) is 23.2 Å². The van der Waals surface area contributed by atoms with E-state index in [9.17, 15) is 14.0 Å². The molecule has 0 aliphatic heterocycles. The fraction of sp³-hybridized carbons (Fsp3) is 0.304. The second kappa shape index (κ2) is 10.4. The number of nitrogens with zero attached hydrogens (tertiary/aromatic N) is 3. The number of carbonyl (C=O) groups excluding carboxylic acids is 2. The summed E-state index contributed by atoms with van der Waals surface area (Å²) in [5, 5.41) is 14.5. The molecule has 3 rings (SSSR count). The van der Waals surface area contributed by atoms with Crippen LogP contribution in [-0.2, 0) is 22.6 Å². The molecule has 0 bridgehead atoms. The zero-order valence-electron chi connectivity index (χ0n) is 18.5. The number of rotatable bonds is 8. The predicted molar refractivity (Wildman–Crippen MR) is 124 cm³/mol. The number of carbonyl (C=O) groups is 2. The van der Waals surface area contributed by atoms with Crippen molar-refractivity contribution in [3.05, 3.63) is 64.7 Å². The molecule has 0 radical (unpaired) electrons. The van der Waals surface area contributed by atoms with Crippen molar-refractivity contribution in [3.8, 4) is 0 Å². The molecule has 1 aromatic heterocycles. The van der Waals surface area contributed by atoms with Crippen molar-refractivity contribution in [3.63, 3.8) is 0 Å². The molecule has 1 heterocycles. The Morgan fingerprint density at radius 2 is 1.75 bits per heavy atom. The lowest BCUT2D eigenvalue weighted by atomic mass is 10.1. The van der Waals surface area contributed by atoms with Crippen LogP contribution in [0.5, 0.6) is 0 Å². The van der Waals surface area contributed by atoms with E-state index in [2.05, 4.69) is 20.8 Å². The van der Waals surface area contributed by atoms with E-state index in [1.54, 1.807) is 13.0 Å². The summed E-state index contributed by atoms with van der Waals surface area (Å²) in [6, 6.07) is 10.0. The summed E-state index contributed by atoms with van der Waals surface area (Å²) in [5.41, 5.74) is 4.12. The fourth-order valence-corrected chi connectivity index (χ4v) is 3.97. The summed E-state index contributed by atoms with van der Waals surface area (Å²) in [6.07, 6.45) is 0.0729. The molecule has 0 saturated heterocycles. The van der Waals surface area contributed by atoms with E-state index in [1.165, 1.54) is 23.9 Å². The van der Waals surface area contributed by atoms with Gasteiger partial charge in [0.1, 0.15) is 11.6 Å². The van der Waals surface area contributed by atoms with E-state index in [4.69, 9.17) is 0 Å². The lowest BCUT2D eigenvalue weighted by molar-refractivity contribution is -0.116. The summed E-state index contributed by atoms with van der Waals surface area (Å²) < 4.78 is 15.2. The molecule has 2 amide bonds. The van der Waals surface area contributed by atoms with Gasteiger partial charge in [-0.15, -0.1) is 10.2 Å². The molecular formula is C23H26FN5O2S. The van der Waals surface area contributed by atoms with Gasteiger partial charge in [-0.1, -0.05) is 30.0 Å². The average Bonchev–Trinajstić information content (AvgIpc) is 3.13. The Hall–Kier alpha value is -3.20. The Labute approximate surface area is 190 Å². The van der Waals surface area contributed by atoms with Gasteiger partial charge in [-0.25, -0.2) is 4.39 Å².